The summed E-state index contributed by atoms with van der Waals surface area (Å²) in [6.45, 7) is 4.15. The van der Waals surface area contributed by atoms with E-state index in [0.29, 0.717) is 31.4 Å². The molecule has 0 amide bonds. The minimum atomic E-state index is -4.45. The fourth-order valence-corrected chi connectivity index (χ4v) is 4.24. The van der Waals surface area contributed by atoms with E-state index in [1.54, 1.807) is 6.92 Å². The van der Waals surface area contributed by atoms with Gasteiger partial charge in [-0.3, -0.25) is 0 Å². The Hall–Kier alpha value is -1.95. The monoisotopic (exact) mass is 379 g/mol. The van der Waals surface area contributed by atoms with E-state index in [1.165, 1.54) is 0 Å². The van der Waals surface area contributed by atoms with E-state index in [9.17, 15) is 18.0 Å². The summed E-state index contributed by atoms with van der Waals surface area (Å²) in [5.74, 6) is -0.208. The van der Waals surface area contributed by atoms with E-state index < -0.39 is 11.9 Å². The summed E-state index contributed by atoms with van der Waals surface area (Å²) in [5, 5.41) is 4.36. The molecule has 0 saturated carbocycles. The summed E-state index contributed by atoms with van der Waals surface area (Å²) in [6.07, 6.45) is -0.382. The van der Waals surface area contributed by atoms with Crippen LogP contribution in [0.25, 0.3) is 0 Å². The molecule has 3 nitrogen and oxygen atoms in total. The molecule has 1 aliphatic heterocycles. The van der Waals surface area contributed by atoms with Crippen LogP contribution in [0.1, 0.15) is 57.6 Å². The summed E-state index contributed by atoms with van der Waals surface area (Å²) in [4.78, 5) is 11.1. The molecule has 1 aromatic carbocycles. The Balaban J connectivity index is 2.12. The molecular weight excluding hydrogens is 353 g/mol. The number of alkyl halides is 3. The Bertz CT molecular complexity index is 754. The minimum Gasteiger partial charge on any atom is -0.303 e. The summed E-state index contributed by atoms with van der Waals surface area (Å²) in [5.41, 5.74) is 1.43. The molecule has 27 heavy (non-hydrogen) atoms. The van der Waals surface area contributed by atoms with Crippen LogP contribution < -0.4 is 0 Å². The molecule has 0 N–H and O–H groups in total. The van der Waals surface area contributed by atoms with Gasteiger partial charge in [0.2, 0.25) is 5.71 Å². The summed E-state index contributed by atoms with van der Waals surface area (Å²) in [6, 6.07) is 9.34. The zero-order valence-electron chi connectivity index (χ0n) is 15.8. The normalized spacial score (nSPS) is 25.0. The molecule has 1 aliphatic carbocycles. The molecule has 0 radical (unpaired) electrons. The van der Waals surface area contributed by atoms with Gasteiger partial charge in [-0.05, 0) is 26.2 Å². The summed E-state index contributed by atoms with van der Waals surface area (Å²) >= 11 is 0. The van der Waals surface area contributed by atoms with E-state index in [2.05, 4.69) is 5.10 Å². The first kappa shape index (κ1) is 19.8. The highest BCUT2D eigenvalue weighted by atomic mass is 19.4. The van der Waals surface area contributed by atoms with Gasteiger partial charge >= 0.3 is 6.18 Å². The molecule has 0 fully saturated rings. The van der Waals surface area contributed by atoms with Crippen molar-refractivity contribution in [3.63, 3.8) is 0 Å². The van der Waals surface area contributed by atoms with Gasteiger partial charge in [0.05, 0.1) is 0 Å². The van der Waals surface area contributed by atoms with E-state index in [-0.39, 0.29) is 16.6 Å². The van der Waals surface area contributed by atoms with E-state index >= 15 is 0 Å². The third-order valence-corrected chi connectivity index (χ3v) is 5.82. The molecule has 146 valence electrons. The molecule has 0 saturated heterocycles. The van der Waals surface area contributed by atoms with Crippen molar-refractivity contribution in [3.05, 3.63) is 47.2 Å². The fraction of sp³-hybridized carbons (Fsp3) is 0.524. The van der Waals surface area contributed by atoms with Gasteiger partial charge in [0.25, 0.3) is 0 Å². The molecule has 0 aromatic heterocycles. The number of carbonyl (C=O) groups excluding carboxylic acids is 1. The quantitative estimate of drug-likeness (QED) is 0.471. The van der Waals surface area contributed by atoms with E-state index in [1.807, 2.05) is 37.3 Å². The van der Waals surface area contributed by atoms with Gasteiger partial charge in [0.15, 0.2) is 0 Å². The summed E-state index contributed by atoms with van der Waals surface area (Å²) < 4.78 is 41.3. The van der Waals surface area contributed by atoms with E-state index in [0.717, 1.165) is 30.4 Å². The van der Waals surface area contributed by atoms with Gasteiger partial charge in [-0.15, -0.1) is 0 Å². The average Bonchev–Trinajstić information content (AvgIpc) is 3.02. The highest BCUT2D eigenvalue weighted by Crippen LogP contribution is 2.48. The predicted molar refractivity (Wildman–Crippen MR) is 98.8 cm³/mol. The van der Waals surface area contributed by atoms with Gasteiger partial charge in [-0.2, -0.15) is 17.8 Å². The van der Waals surface area contributed by atoms with Crippen molar-refractivity contribution >= 4 is 12.0 Å². The zero-order valence-corrected chi connectivity index (χ0v) is 15.8. The molecule has 3 atom stereocenters. The molecule has 2 aliphatic rings. The van der Waals surface area contributed by atoms with Crippen molar-refractivity contribution in [1.29, 1.82) is 0 Å². The molecule has 3 unspecified atom stereocenters. The Morgan fingerprint density at radius 1 is 1.15 bits per heavy atom. The number of carbonyl (C=O) groups is 1. The number of hydrogen-bond acceptors (Lipinski definition) is 2. The van der Waals surface area contributed by atoms with Crippen LogP contribution in [0.5, 0.6) is 0 Å². The highest BCUT2D eigenvalue weighted by Gasteiger charge is 2.54. The second-order valence-electron chi connectivity index (χ2n) is 7.62. The Morgan fingerprint density at radius 2 is 1.81 bits per heavy atom. The van der Waals surface area contributed by atoms with Crippen molar-refractivity contribution < 1.29 is 22.6 Å². The number of benzene rings is 1. The summed E-state index contributed by atoms with van der Waals surface area (Å²) in [7, 11) is 0. The smallest absolute Gasteiger partial charge is 0.303 e. The maximum atomic E-state index is 13.8. The van der Waals surface area contributed by atoms with Crippen molar-refractivity contribution in [1.82, 2.24) is 0 Å². The lowest BCUT2D eigenvalue weighted by Gasteiger charge is -2.38. The number of quaternary nitrogens is 1. The maximum Gasteiger partial charge on any atom is 0.439 e. The molecule has 0 bridgehead atoms. The lowest BCUT2D eigenvalue weighted by molar-refractivity contribution is -0.927. The first-order valence-electron chi connectivity index (χ1n) is 9.58. The van der Waals surface area contributed by atoms with Gasteiger partial charge in [0.1, 0.15) is 24.6 Å². The average molecular weight is 379 g/mol. The SMILES string of the molecule is CC(C=O)CC[N+]1(C(C)c2ccccc2)N=C(C(F)(F)F)C2=C1CCCC2. The molecular formula is C21H26F3N2O+. The molecule has 3 rings (SSSR count). The Morgan fingerprint density at radius 3 is 2.44 bits per heavy atom. The predicted octanol–water partition coefficient (Wildman–Crippen LogP) is 5.55. The lowest BCUT2D eigenvalue weighted by atomic mass is 9.91. The third-order valence-electron chi connectivity index (χ3n) is 5.82. The van der Waals surface area contributed by atoms with Gasteiger partial charge in [0, 0.05) is 29.9 Å². The fourth-order valence-electron chi connectivity index (χ4n) is 4.24. The van der Waals surface area contributed by atoms with Crippen LogP contribution in [0.15, 0.2) is 46.7 Å². The van der Waals surface area contributed by atoms with E-state index in [4.69, 9.17) is 0 Å². The maximum absolute atomic E-state index is 13.8. The minimum absolute atomic E-state index is 0.0492. The first-order valence-corrected chi connectivity index (χ1v) is 9.58. The van der Waals surface area contributed by atoms with Crippen molar-refractivity contribution in [2.24, 2.45) is 11.0 Å². The van der Waals surface area contributed by atoms with Crippen LogP contribution in [-0.2, 0) is 4.79 Å². The lowest BCUT2D eigenvalue weighted by Crippen LogP contribution is -2.44. The van der Waals surface area contributed by atoms with Gasteiger partial charge in [-0.25, -0.2) is 0 Å². The number of aldehydes is 1. The topological polar surface area (TPSA) is 29.4 Å². The second-order valence-corrected chi connectivity index (χ2v) is 7.62. The number of hydrogen-bond donors (Lipinski definition) is 0. The van der Waals surface area contributed by atoms with Crippen LogP contribution in [0.4, 0.5) is 13.2 Å². The highest BCUT2D eigenvalue weighted by molar-refractivity contribution is 6.05. The molecule has 1 heterocycles. The first-order chi connectivity index (χ1) is 12.8. The number of allylic oxidation sites excluding steroid dienone is 2. The van der Waals surface area contributed by atoms with Gasteiger partial charge < -0.3 is 4.79 Å². The van der Waals surface area contributed by atoms with Crippen LogP contribution in [-0.4, -0.2) is 29.3 Å². The van der Waals surface area contributed by atoms with Crippen LogP contribution in [0.2, 0.25) is 0 Å². The van der Waals surface area contributed by atoms with Crippen molar-refractivity contribution in [3.8, 4) is 0 Å². The third kappa shape index (κ3) is 3.72. The number of nitrogens with zero attached hydrogens (tertiary/aromatic N) is 2. The van der Waals surface area contributed by atoms with Gasteiger partial charge in [-0.1, -0.05) is 42.4 Å². The van der Waals surface area contributed by atoms with Crippen LogP contribution in [0.3, 0.4) is 0 Å². The zero-order chi connectivity index (χ0) is 19.7. The van der Waals surface area contributed by atoms with Crippen molar-refractivity contribution in [2.75, 3.05) is 6.54 Å². The van der Waals surface area contributed by atoms with Crippen LogP contribution in [0, 0.1) is 5.92 Å². The largest absolute Gasteiger partial charge is 0.439 e. The molecule has 0 spiro atoms. The standard InChI is InChI=1S/C21H26F3N2O/c1-15(14-27)12-13-26(16(2)17-8-4-3-5-9-17)19-11-7-6-10-18(19)20(25-26)21(22,23)24/h3-5,8-9,14-16H,6-7,10-13H2,1-2H3/q+1. The number of halogens is 3. The Labute approximate surface area is 158 Å². The molecule has 1 aromatic rings. The second kappa shape index (κ2) is 7.58. The molecule has 6 heteroatoms. The van der Waals surface area contributed by atoms with Crippen LogP contribution >= 0.6 is 0 Å². The number of rotatable bonds is 6. The van der Waals surface area contributed by atoms with Crippen molar-refractivity contribution in [2.45, 2.75) is 58.2 Å². The Kier molecular flexibility index (Phi) is 5.56.